The van der Waals surface area contributed by atoms with Crippen LogP contribution in [0.2, 0.25) is 0 Å². The van der Waals surface area contributed by atoms with E-state index < -0.39 is 5.97 Å². The number of ether oxygens (including phenoxy) is 1. The quantitative estimate of drug-likeness (QED) is 0.0367. The molecule has 2 N–H and O–H groups in total. The minimum atomic E-state index is -1.02. The Morgan fingerprint density at radius 3 is 1.36 bits per heavy atom. The van der Waals surface area contributed by atoms with Gasteiger partial charge in [-0.15, -0.1) is 0 Å². The molecule has 55 heavy (non-hydrogen) atoms. The molecule has 316 valence electrons. The van der Waals surface area contributed by atoms with Crippen LogP contribution in [0.5, 0.6) is 0 Å². The number of carbonyl (C=O) groups excluding carboxylic acids is 2. The molecule has 0 aliphatic heterocycles. The minimum absolute atomic E-state index is 0.0197. The first kappa shape index (κ1) is 52.1. The molecule has 0 saturated heterocycles. The van der Waals surface area contributed by atoms with E-state index in [1.807, 2.05) is 0 Å². The average Bonchev–Trinajstić information content (AvgIpc) is 3.17. The summed E-state index contributed by atoms with van der Waals surface area (Å²) >= 11 is 0. The van der Waals surface area contributed by atoms with Gasteiger partial charge in [0.15, 0.2) is 0 Å². The van der Waals surface area contributed by atoms with E-state index in [1.165, 1.54) is 89.9 Å². The molecule has 1 amide bonds. The number of carboxylic acids is 1. The van der Waals surface area contributed by atoms with Crippen molar-refractivity contribution in [3.8, 4) is 0 Å². The molecular formula is C49H85NO5. The van der Waals surface area contributed by atoms with E-state index in [9.17, 15) is 14.4 Å². The fourth-order valence-electron chi connectivity index (χ4n) is 6.60. The van der Waals surface area contributed by atoms with Crippen LogP contribution in [0.1, 0.15) is 219 Å². The van der Waals surface area contributed by atoms with Gasteiger partial charge in [-0.3, -0.25) is 14.4 Å². The molecule has 0 spiro atoms. The Bertz CT molecular complexity index is 1030. The molecule has 0 radical (unpaired) electrons. The molecule has 0 saturated carbocycles. The average molecular weight is 768 g/mol. The lowest BCUT2D eigenvalue weighted by molar-refractivity contribution is -0.150. The number of aliphatic carboxylic acids is 1. The molecule has 0 heterocycles. The summed E-state index contributed by atoms with van der Waals surface area (Å²) in [5.74, 6) is -1.24. The van der Waals surface area contributed by atoms with Crippen molar-refractivity contribution in [2.75, 3.05) is 6.54 Å². The summed E-state index contributed by atoms with van der Waals surface area (Å²) in [6, 6.07) is 0. The number of allylic oxidation sites excluding steroid dienone is 10. The molecule has 0 fully saturated rings. The van der Waals surface area contributed by atoms with Crippen LogP contribution >= 0.6 is 0 Å². The smallest absolute Gasteiger partial charge is 0.322 e. The zero-order chi connectivity index (χ0) is 40.1. The zero-order valence-electron chi connectivity index (χ0n) is 35.8. The van der Waals surface area contributed by atoms with Gasteiger partial charge in [-0.2, -0.15) is 0 Å². The van der Waals surface area contributed by atoms with E-state index in [2.05, 4.69) is 79.9 Å². The Labute approximate surface area is 339 Å². The van der Waals surface area contributed by atoms with Gasteiger partial charge in [0.2, 0.25) is 5.91 Å². The highest BCUT2D eigenvalue weighted by molar-refractivity contribution is 5.80. The number of carbonyl (C=O) groups is 3. The Kier molecular flexibility index (Phi) is 41.5. The van der Waals surface area contributed by atoms with E-state index in [0.29, 0.717) is 12.8 Å². The fraction of sp³-hybridized carbons (Fsp3) is 0.735. The van der Waals surface area contributed by atoms with Crippen molar-refractivity contribution in [3.05, 3.63) is 60.8 Å². The summed E-state index contributed by atoms with van der Waals surface area (Å²) in [5, 5.41) is 11.1. The summed E-state index contributed by atoms with van der Waals surface area (Å²) < 4.78 is 6.03. The second kappa shape index (κ2) is 43.8. The third kappa shape index (κ3) is 43.7. The summed E-state index contributed by atoms with van der Waals surface area (Å²) in [4.78, 5) is 35.1. The predicted molar refractivity (Wildman–Crippen MR) is 235 cm³/mol. The lowest BCUT2D eigenvalue weighted by Gasteiger charge is -2.18. The Morgan fingerprint density at radius 2 is 0.891 bits per heavy atom. The number of rotatable bonds is 41. The van der Waals surface area contributed by atoms with Crippen molar-refractivity contribution in [2.45, 2.75) is 225 Å². The normalized spacial score (nSPS) is 12.6. The fourth-order valence-corrected chi connectivity index (χ4v) is 6.60. The van der Waals surface area contributed by atoms with Crippen molar-refractivity contribution in [3.63, 3.8) is 0 Å². The topological polar surface area (TPSA) is 92.7 Å². The molecule has 6 nitrogen and oxygen atoms in total. The van der Waals surface area contributed by atoms with Gasteiger partial charge in [-0.05, 0) is 83.5 Å². The summed E-state index contributed by atoms with van der Waals surface area (Å²) in [5.41, 5.74) is 0. The predicted octanol–water partition coefficient (Wildman–Crippen LogP) is 14.4. The van der Waals surface area contributed by atoms with E-state index in [0.717, 1.165) is 103 Å². The van der Waals surface area contributed by atoms with Crippen molar-refractivity contribution in [1.82, 2.24) is 5.32 Å². The molecule has 0 aromatic rings. The van der Waals surface area contributed by atoms with Gasteiger partial charge < -0.3 is 15.2 Å². The number of amides is 1. The van der Waals surface area contributed by atoms with E-state index >= 15 is 0 Å². The van der Waals surface area contributed by atoms with Crippen molar-refractivity contribution in [1.29, 1.82) is 0 Å². The summed E-state index contributed by atoms with van der Waals surface area (Å²) in [6.07, 6.45) is 57.8. The minimum Gasteiger partial charge on any atom is -0.480 e. The lowest BCUT2D eigenvalue weighted by atomic mass is 10.0. The molecule has 0 aliphatic carbocycles. The van der Waals surface area contributed by atoms with Crippen LogP contribution in [-0.2, 0) is 19.1 Å². The monoisotopic (exact) mass is 768 g/mol. The second-order valence-corrected chi connectivity index (χ2v) is 15.3. The van der Waals surface area contributed by atoms with Crippen molar-refractivity contribution >= 4 is 17.8 Å². The van der Waals surface area contributed by atoms with Crippen LogP contribution in [0, 0.1) is 0 Å². The maximum atomic E-state index is 12.8. The van der Waals surface area contributed by atoms with Gasteiger partial charge in [0.1, 0.15) is 12.6 Å². The molecule has 1 unspecified atom stereocenters. The molecule has 0 aliphatic rings. The first-order valence-electron chi connectivity index (χ1n) is 22.9. The van der Waals surface area contributed by atoms with Gasteiger partial charge in [0, 0.05) is 12.8 Å². The summed E-state index contributed by atoms with van der Waals surface area (Å²) in [7, 11) is 0. The molecule has 0 aromatic carbocycles. The molecule has 0 bridgehead atoms. The van der Waals surface area contributed by atoms with Gasteiger partial charge in [0.05, 0.1) is 0 Å². The standard InChI is InChI=1S/C49H85NO5/c1-3-5-7-9-11-13-15-16-17-18-19-20-21-22-23-24-25-26-27-29-31-36-40-44-49(54)55-46(41-37-33-30-28-14-12-10-8-6-4-2)42-38-34-32-35-39-43-47(51)50-45-48(52)53/h5,7,11,13,16-17,19-20,22-23,46H,3-4,6,8-10,12,14-15,18,21,24-45H2,1-2H3,(H,50,51)(H,52,53)/b7-5-,13-11-,17-16-,20-19-,23-22-. The van der Waals surface area contributed by atoms with Gasteiger partial charge >= 0.3 is 11.9 Å². The number of hydrogen-bond donors (Lipinski definition) is 2. The Hall–Kier alpha value is -2.89. The highest BCUT2D eigenvalue weighted by Crippen LogP contribution is 2.19. The van der Waals surface area contributed by atoms with Crippen LogP contribution in [0.15, 0.2) is 60.8 Å². The van der Waals surface area contributed by atoms with Crippen LogP contribution in [-0.4, -0.2) is 35.6 Å². The maximum absolute atomic E-state index is 12.8. The van der Waals surface area contributed by atoms with Crippen molar-refractivity contribution in [2.24, 2.45) is 0 Å². The number of carboxylic acid groups (broad SMARTS) is 1. The first-order chi connectivity index (χ1) is 27.0. The van der Waals surface area contributed by atoms with E-state index in [-0.39, 0.29) is 24.5 Å². The van der Waals surface area contributed by atoms with Crippen molar-refractivity contribution < 1.29 is 24.2 Å². The summed E-state index contributed by atoms with van der Waals surface area (Å²) in [6.45, 7) is 4.11. The van der Waals surface area contributed by atoms with Crippen LogP contribution in [0.25, 0.3) is 0 Å². The third-order valence-corrected chi connectivity index (χ3v) is 9.95. The molecule has 0 rings (SSSR count). The van der Waals surface area contributed by atoms with E-state index in [4.69, 9.17) is 9.84 Å². The lowest BCUT2D eigenvalue weighted by Crippen LogP contribution is -2.28. The number of hydrogen-bond acceptors (Lipinski definition) is 4. The van der Waals surface area contributed by atoms with Gasteiger partial charge in [0.25, 0.3) is 0 Å². The Morgan fingerprint density at radius 1 is 0.491 bits per heavy atom. The highest BCUT2D eigenvalue weighted by Gasteiger charge is 2.14. The Balaban J connectivity index is 4.08. The van der Waals surface area contributed by atoms with Crippen LogP contribution in [0.4, 0.5) is 0 Å². The molecular weight excluding hydrogens is 683 g/mol. The highest BCUT2D eigenvalue weighted by atomic mass is 16.5. The zero-order valence-corrected chi connectivity index (χ0v) is 35.8. The SMILES string of the molecule is CC/C=C\C/C=C\C/C=C\C/C=C\C/C=C\CCCCCCCCCC(=O)OC(CCCCCCCCCCCC)CCCCCCCC(=O)NCC(=O)O. The molecule has 1 atom stereocenters. The van der Waals surface area contributed by atoms with E-state index in [1.54, 1.807) is 0 Å². The first-order valence-corrected chi connectivity index (χ1v) is 22.9. The second-order valence-electron chi connectivity index (χ2n) is 15.3. The molecule has 6 heteroatoms. The third-order valence-electron chi connectivity index (χ3n) is 9.95. The number of esters is 1. The number of nitrogens with one attached hydrogen (secondary N) is 1. The van der Waals surface area contributed by atoms with Gasteiger partial charge in [-0.1, -0.05) is 184 Å². The number of unbranched alkanes of at least 4 members (excludes halogenated alkanes) is 20. The van der Waals surface area contributed by atoms with Gasteiger partial charge in [-0.25, -0.2) is 0 Å². The van der Waals surface area contributed by atoms with Crippen LogP contribution in [0.3, 0.4) is 0 Å². The van der Waals surface area contributed by atoms with Crippen LogP contribution < -0.4 is 5.32 Å². The largest absolute Gasteiger partial charge is 0.480 e. The maximum Gasteiger partial charge on any atom is 0.322 e. The molecule has 0 aromatic heterocycles.